The zero-order valence-electron chi connectivity index (χ0n) is 12.3. The smallest absolute Gasteiger partial charge is 0.326 e. The summed E-state index contributed by atoms with van der Waals surface area (Å²) >= 11 is 1.92. The van der Waals surface area contributed by atoms with Gasteiger partial charge in [-0.05, 0) is 43.3 Å². The highest BCUT2D eigenvalue weighted by Crippen LogP contribution is 2.42. The van der Waals surface area contributed by atoms with E-state index in [9.17, 15) is 14.7 Å². The summed E-state index contributed by atoms with van der Waals surface area (Å²) < 4.78 is 0. The zero-order chi connectivity index (χ0) is 14.8. The number of fused-ring (bicyclic) bond motifs is 1. The topological polar surface area (TPSA) is 69.6 Å². The molecular weight excluding hydrogens is 288 g/mol. The molecule has 5 nitrogen and oxygen atoms in total. The van der Waals surface area contributed by atoms with Crippen molar-refractivity contribution in [3.63, 3.8) is 0 Å². The Kier molecular flexibility index (Phi) is 4.62. The molecule has 2 N–H and O–H groups in total. The first-order valence-corrected chi connectivity index (χ1v) is 9.10. The van der Waals surface area contributed by atoms with Crippen molar-refractivity contribution in [2.75, 3.05) is 18.8 Å². The maximum absolute atomic E-state index is 12.4. The Hall–Kier alpha value is -0.910. The van der Waals surface area contributed by atoms with Gasteiger partial charge in [0.1, 0.15) is 6.04 Å². The van der Waals surface area contributed by atoms with Crippen molar-refractivity contribution in [1.82, 2.24) is 10.2 Å². The predicted molar refractivity (Wildman–Crippen MR) is 82.5 cm³/mol. The standard InChI is InChI=1S/C15H24N2O3S/c18-14(19)13-12-6-3-4-10(12)9-17(13)15(20)16-8-11-5-1-2-7-21-11/h10-13H,1-9H2,(H,16,20)(H,18,19). The molecule has 0 aromatic rings. The van der Waals surface area contributed by atoms with Gasteiger partial charge in [0.15, 0.2) is 0 Å². The number of hydrogen-bond acceptors (Lipinski definition) is 3. The highest BCUT2D eigenvalue weighted by molar-refractivity contribution is 7.99. The van der Waals surface area contributed by atoms with Crippen LogP contribution in [0, 0.1) is 11.8 Å². The maximum Gasteiger partial charge on any atom is 0.326 e. The summed E-state index contributed by atoms with van der Waals surface area (Å²) in [6, 6.07) is -0.792. The maximum atomic E-state index is 12.4. The molecule has 0 aromatic heterocycles. The van der Waals surface area contributed by atoms with E-state index in [0.717, 1.165) is 25.7 Å². The van der Waals surface area contributed by atoms with Crippen molar-refractivity contribution in [1.29, 1.82) is 0 Å². The lowest BCUT2D eigenvalue weighted by molar-refractivity contribution is -0.142. The number of hydrogen-bond donors (Lipinski definition) is 2. The molecule has 3 aliphatic rings. The first-order chi connectivity index (χ1) is 10.2. The number of amides is 2. The largest absolute Gasteiger partial charge is 0.480 e. The molecule has 0 spiro atoms. The van der Waals surface area contributed by atoms with E-state index in [1.165, 1.54) is 18.6 Å². The van der Waals surface area contributed by atoms with E-state index in [4.69, 9.17) is 0 Å². The molecule has 0 radical (unpaired) electrons. The van der Waals surface area contributed by atoms with E-state index < -0.39 is 12.0 Å². The van der Waals surface area contributed by atoms with Gasteiger partial charge in [-0.25, -0.2) is 9.59 Å². The van der Waals surface area contributed by atoms with Crippen molar-refractivity contribution < 1.29 is 14.7 Å². The summed E-state index contributed by atoms with van der Waals surface area (Å²) in [4.78, 5) is 25.5. The van der Waals surface area contributed by atoms with Gasteiger partial charge in [0.2, 0.25) is 0 Å². The zero-order valence-corrected chi connectivity index (χ0v) is 13.1. The van der Waals surface area contributed by atoms with E-state index in [0.29, 0.717) is 24.3 Å². The molecule has 4 unspecified atom stereocenters. The molecule has 2 amide bonds. The lowest BCUT2D eigenvalue weighted by atomic mass is 9.94. The molecule has 4 atom stereocenters. The van der Waals surface area contributed by atoms with Gasteiger partial charge >= 0.3 is 12.0 Å². The van der Waals surface area contributed by atoms with Crippen LogP contribution in [0.4, 0.5) is 4.79 Å². The summed E-state index contributed by atoms with van der Waals surface area (Å²) in [5.41, 5.74) is 0. The van der Waals surface area contributed by atoms with Gasteiger partial charge in [0.25, 0.3) is 0 Å². The fourth-order valence-electron chi connectivity index (χ4n) is 4.10. The van der Waals surface area contributed by atoms with E-state index in [1.807, 2.05) is 11.8 Å². The molecular formula is C15H24N2O3S. The third kappa shape index (κ3) is 3.15. The van der Waals surface area contributed by atoms with Gasteiger partial charge in [-0.3, -0.25) is 0 Å². The summed E-state index contributed by atoms with van der Waals surface area (Å²) in [5.74, 6) is 0.886. The van der Waals surface area contributed by atoms with Crippen LogP contribution >= 0.6 is 11.8 Å². The second-order valence-corrected chi connectivity index (χ2v) is 7.87. The number of nitrogens with zero attached hydrogens (tertiary/aromatic N) is 1. The number of carboxylic acid groups (broad SMARTS) is 1. The van der Waals surface area contributed by atoms with Gasteiger partial charge in [-0.15, -0.1) is 0 Å². The SMILES string of the molecule is O=C(O)C1C2CCCC2CN1C(=O)NCC1CCCCS1. The summed E-state index contributed by atoms with van der Waals surface area (Å²) in [6.45, 7) is 1.28. The number of carbonyl (C=O) groups excluding carboxylic acids is 1. The fraction of sp³-hybridized carbons (Fsp3) is 0.867. The van der Waals surface area contributed by atoms with Crippen LogP contribution in [0.25, 0.3) is 0 Å². The molecule has 6 heteroatoms. The highest BCUT2D eigenvalue weighted by atomic mass is 32.2. The number of aliphatic carboxylic acids is 1. The highest BCUT2D eigenvalue weighted by Gasteiger charge is 2.49. The average Bonchev–Trinajstić information content (AvgIpc) is 3.05. The molecule has 1 saturated carbocycles. The van der Waals surface area contributed by atoms with Crippen LogP contribution in [0.3, 0.4) is 0 Å². The number of thioether (sulfide) groups is 1. The minimum atomic E-state index is -0.841. The molecule has 118 valence electrons. The van der Waals surface area contributed by atoms with Crippen LogP contribution in [-0.4, -0.2) is 52.1 Å². The molecule has 2 heterocycles. The van der Waals surface area contributed by atoms with E-state index in [-0.39, 0.29) is 11.9 Å². The Morgan fingerprint density at radius 2 is 2.05 bits per heavy atom. The number of carbonyl (C=O) groups is 2. The first kappa shape index (κ1) is 15.0. The first-order valence-electron chi connectivity index (χ1n) is 8.05. The molecule has 2 aliphatic heterocycles. The van der Waals surface area contributed by atoms with Crippen LogP contribution in [0.1, 0.15) is 38.5 Å². The Morgan fingerprint density at radius 1 is 1.19 bits per heavy atom. The predicted octanol–water partition coefficient (Wildman–Crippen LogP) is 2.17. The number of nitrogens with one attached hydrogen (secondary N) is 1. The van der Waals surface area contributed by atoms with Gasteiger partial charge in [0, 0.05) is 18.3 Å². The number of urea groups is 1. The second-order valence-electron chi connectivity index (χ2n) is 6.46. The summed E-state index contributed by atoms with van der Waals surface area (Å²) in [7, 11) is 0. The quantitative estimate of drug-likeness (QED) is 0.838. The Morgan fingerprint density at radius 3 is 2.76 bits per heavy atom. The lowest BCUT2D eigenvalue weighted by Gasteiger charge is -2.27. The van der Waals surface area contributed by atoms with Crippen molar-refractivity contribution >= 4 is 23.8 Å². The Bertz CT molecular complexity index is 412. The van der Waals surface area contributed by atoms with Crippen LogP contribution in [0.15, 0.2) is 0 Å². The third-order valence-electron chi connectivity index (χ3n) is 5.16. The molecule has 1 aliphatic carbocycles. The molecule has 0 aromatic carbocycles. The van der Waals surface area contributed by atoms with Gasteiger partial charge < -0.3 is 15.3 Å². The molecule has 2 saturated heterocycles. The normalized spacial score (nSPS) is 35.5. The Labute approximate surface area is 129 Å². The van der Waals surface area contributed by atoms with Crippen LogP contribution in [0.5, 0.6) is 0 Å². The second kappa shape index (κ2) is 6.46. The van der Waals surface area contributed by atoms with Crippen LogP contribution in [0.2, 0.25) is 0 Å². The number of carboxylic acids is 1. The minimum Gasteiger partial charge on any atom is -0.480 e. The summed E-state index contributed by atoms with van der Waals surface area (Å²) in [5, 5.41) is 12.9. The monoisotopic (exact) mass is 312 g/mol. The van der Waals surface area contributed by atoms with Gasteiger partial charge in [-0.2, -0.15) is 11.8 Å². The third-order valence-corrected chi connectivity index (χ3v) is 6.56. The number of rotatable bonds is 3. The van der Waals surface area contributed by atoms with Crippen LogP contribution < -0.4 is 5.32 Å². The molecule has 3 fully saturated rings. The van der Waals surface area contributed by atoms with Gasteiger partial charge in [-0.1, -0.05) is 12.8 Å². The molecule has 21 heavy (non-hydrogen) atoms. The molecule has 3 rings (SSSR count). The fourth-order valence-corrected chi connectivity index (χ4v) is 5.34. The number of likely N-dealkylation sites (tertiary alicyclic amines) is 1. The van der Waals surface area contributed by atoms with E-state index in [2.05, 4.69) is 5.32 Å². The summed E-state index contributed by atoms with van der Waals surface area (Å²) in [6.07, 6.45) is 6.78. The Balaban J connectivity index is 1.57. The van der Waals surface area contributed by atoms with Crippen molar-refractivity contribution in [2.45, 2.75) is 49.8 Å². The molecule has 0 bridgehead atoms. The minimum absolute atomic E-state index is 0.164. The average molecular weight is 312 g/mol. The van der Waals surface area contributed by atoms with Crippen molar-refractivity contribution in [2.24, 2.45) is 11.8 Å². The van der Waals surface area contributed by atoms with Crippen molar-refractivity contribution in [3.8, 4) is 0 Å². The van der Waals surface area contributed by atoms with Gasteiger partial charge in [0.05, 0.1) is 0 Å². The van der Waals surface area contributed by atoms with Crippen molar-refractivity contribution in [3.05, 3.63) is 0 Å². The van der Waals surface area contributed by atoms with E-state index in [1.54, 1.807) is 4.90 Å². The van der Waals surface area contributed by atoms with E-state index >= 15 is 0 Å². The lowest BCUT2D eigenvalue weighted by Crippen LogP contribution is -2.49. The van der Waals surface area contributed by atoms with Crippen LogP contribution in [-0.2, 0) is 4.79 Å².